The maximum absolute atomic E-state index is 13.8. The van der Waals surface area contributed by atoms with Crippen molar-refractivity contribution < 1.29 is 37.1 Å². The van der Waals surface area contributed by atoms with Gasteiger partial charge in [-0.3, -0.25) is 34.2 Å². The highest BCUT2D eigenvalue weighted by molar-refractivity contribution is 7.13. The lowest BCUT2D eigenvalue weighted by Crippen LogP contribution is -2.54. The minimum Gasteiger partial charge on any atom is -0.385 e. The summed E-state index contributed by atoms with van der Waals surface area (Å²) in [7, 11) is 0. The van der Waals surface area contributed by atoms with Crippen LogP contribution < -0.4 is 16.0 Å². The number of nitrogens with zero attached hydrogens (tertiary/aromatic N) is 4. The van der Waals surface area contributed by atoms with Crippen molar-refractivity contribution in [1.82, 2.24) is 30.1 Å². The normalized spacial score (nSPS) is 16.5. The van der Waals surface area contributed by atoms with Crippen LogP contribution in [0, 0.1) is 0 Å². The number of aromatic nitrogens is 3. The number of rotatable bonds is 11. The lowest BCUT2D eigenvalue weighted by molar-refractivity contribution is -0.142. The summed E-state index contributed by atoms with van der Waals surface area (Å²) in [6, 6.07) is 9.32. The van der Waals surface area contributed by atoms with E-state index in [0.717, 1.165) is 30.2 Å². The van der Waals surface area contributed by atoms with Gasteiger partial charge in [0.25, 0.3) is 17.7 Å². The molecule has 1 unspecified atom stereocenters. The molecule has 1 fully saturated rings. The standard InChI is InChI=1S/C31H28F3N7O5S/c32-31(33,34)24-15-20(23-6-5-13-47-23)37-25-16-21(39-41(24)25)27(43)36-12-4-2-1-3-11-35-17-7-8-18-19(14-17)30(46)40(29(18)45)22-9-10-26(42)38-28(22)44/h5-8,13-16,22,35H,1-4,9-12H2,(H,36,43)(H,38,42,44). The highest BCUT2D eigenvalue weighted by Gasteiger charge is 2.44. The van der Waals surface area contributed by atoms with Gasteiger partial charge in [-0.05, 0) is 55.0 Å². The molecule has 0 saturated carbocycles. The first-order chi connectivity index (χ1) is 22.5. The molecule has 1 aromatic carbocycles. The van der Waals surface area contributed by atoms with Crippen molar-refractivity contribution >= 4 is 52.2 Å². The minimum atomic E-state index is -4.70. The summed E-state index contributed by atoms with van der Waals surface area (Å²) in [5.41, 5.74) is -0.0711. The van der Waals surface area contributed by atoms with E-state index in [-0.39, 0.29) is 41.0 Å². The summed E-state index contributed by atoms with van der Waals surface area (Å²) in [6.07, 6.45) is -1.57. The van der Waals surface area contributed by atoms with Crippen LogP contribution in [0.3, 0.4) is 0 Å². The van der Waals surface area contributed by atoms with Gasteiger partial charge in [0.1, 0.15) is 6.04 Å². The number of fused-ring (bicyclic) bond motifs is 2. The molecule has 0 radical (unpaired) electrons. The number of unbranched alkanes of at least 4 members (excludes halogenated alkanes) is 3. The first kappa shape index (κ1) is 31.8. The molecule has 3 N–H and O–H groups in total. The average molecular weight is 668 g/mol. The SMILES string of the molecule is O=C1CCC(N2C(=O)c3ccc(NCCCCCCNC(=O)c4cc5nc(-c6cccs6)cc(C(F)(F)F)n5n4)cc3C2=O)C(=O)N1. The number of anilines is 1. The molecule has 47 heavy (non-hydrogen) atoms. The van der Waals surface area contributed by atoms with Crippen molar-refractivity contribution in [2.24, 2.45) is 0 Å². The van der Waals surface area contributed by atoms with Crippen molar-refractivity contribution in [1.29, 1.82) is 0 Å². The Morgan fingerprint density at radius 3 is 2.47 bits per heavy atom. The van der Waals surface area contributed by atoms with E-state index >= 15 is 0 Å². The monoisotopic (exact) mass is 667 g/mol. The van der Waals surface area contributed by atoms with Crippen LogP contribution in [0.5, 0.6) is 0 Å². The number of imide groups is 2. The van der Waals surface area contributed by atoms with Gasteiger partial charge in [0.2, 0.25) is 11.8 Å². The summed E-state index contributed by atoms with van der Waals surface area (Å²) in [5, 5.41) is 13.7. The van der Waals surface area contributed by atoms with Crippen LogP contribution in [0.1, 0.15) is 75.4 Å². The number of hydrogen-bond acceptors (Lipinski definition) is 9. The number of amides is 5. The van der Waals surface area contributed by atoms with Crippen molar-refractivity contribution in [2.75, 3.05) is 18.4 Å². The zero-order valence-corrected chi connectivity index (χ0v) is 25.5. The van der Waals surface area contributed by atoms with Crippen LogP contribution in [-0.4, -0.2) is 68.2 Å². The maximum atomic E-state index is 13.8. The molecule has 6 rings (SSSR count). The molecule has 2 aliphatic heterocycles. The molecule has 0 spiro atoms. The summed E-state index contributed by atoms with van der Waals surface area (Å²) < 4.78 is 41.9. The smallest absolute Gasteiger partial charge is 0.385 e. The molecule has 12 nitrogen and oxygen atoms in total. The van der Waals surface area contributed by atoms with Gasteiger partial charge in [-0.25, -0.2) is 9.50 Å². The van der Waals surface area contributed by atoms with Gasteiger partial charge >= 0.3 is 6.18 Å². The van der Waals surface area contributed by atoms with E-state index in [4.69, 9.17) is 0 Å². The van der Waals surface area contributed by atoms with Gasteiger partial charge in [0.15, 0.2) is 17.0 Å². The topological polar surface area (TPSA) is 155 Å². The fraction of sp³-hybridized carbons (Fsp3) is 0.323. The predicted octanol–water partition coefficient (Wildman–Crippen LogP) is 4.28. The molecule has 0 bridgehead atoms. The molecule has 5 heterocycles. The van der Waals surface area contributed by atoms with Crippen LogP contribution in [0.4, 0.5) is 18.9 Å². The summed E-state index contributed by atoms with van der Waals surface area (Å²) in [6.45, 7) is 0.887. The Morgan fingerprint density at radius 1 is 0.979 bits per heavy atom. The molecule has 1 saturated heterocycles. The molecule has 5 amide bonds. The van der Waals surface area contributed by atoms with Gasteiger partial charge < -0.3 is 10.6 Å². The molecular weight excluding hydrogens is 639 g/mol. The number of carbonyl (C=O) groups excluding carboxylic acids is 5. The van der Waals surface area contributed by atoms with Crippen LogP contribution >= 0.6 is 11.3 Å². The van der Waals surface area contributed by atoms with E-state index in [1.807, 2.05) is 0 Å². The number of nitrogens with one attached hydrogen (secondary N) is 3. The van der Waals surface area contributed by atoms with Crippen LogP contribution in [-0.2, 0) is 15.8 Å². The lowest BCUT2D eigenvalue weighted by Gasteiger charge is -2.27. The van der Waals surface area contributed by atoms with E-state index in [9.17, 15) is 37.1 Å². The third-order valence-corrected chi connectivity index (χ3v) is 8.77. The Morgan fingerprint density at radius 2 is 1.74 bits per heavy atom. The zero-order chi connectivity index (χ0) is 33.3. The highest BCUT2D eigenvalue weighted by atomic mass is 32.1. The van der Waals surface area contributed by atoms with Gasteiger partial charge in [-0.2, -0.15) is 18.3 Å². The number of thiophene rings is 1. The molecule has 0 aliphatic carbocycles. The van der Waals surface area contributed by atoms with Gasteiger partial charge in [0, 0.05) is 31.3 Å². The second-order valence-corrected chi connectivity index (χ2v) is 12.1. The third-order valence-electron chi connectivity index (χ3n) is 7.88. The first-order valence-corrected chi connectivity index (χ1v) is 15.8. The fourth-order valence-electron chi connectivity index (χ4n) is 5.55. The predicted molar refractivity (Wildman–Crippen MR) is 164 cm³/mol. The summed E-state index contributed by atoms with van der Waals surface area (Å²) in [4.78, 5) is 67.9. The van der Waals surface area contributed by atoms with Crippen LogP contribution in [0.15, 0.2) is 47.8 Å². The zero-order valence-electron chi connectivity index (χ0n) is 24.7. The molecule has 3 aromatic heterocycles. The van der Waals surface area contributed by atoms with Gasteiger partial charge in [-0.15, -0.1) is 11.3 Å². The quantitative estimate of drug-likeness (QED) is 0.158. The van der Waals surface area contributed by atoms with E-state index in [1.165, 1.54) is 23.5 Å². The van der Waals surface area contributed by atoms with Crippen LogP contribution in [0.25, 0.3) is 16.2 Å². The number of halogens is 3. The number of hydrogen-bond donors (Lipinski definition) is 3. The van der Waals surface area contributed by atoms with E-state index in [2.05, 4.69) is 26.0 Å². The van der Waals surface area contributed by atoms with Crippen molar-refractivity contribution in [3.8, 4) is 10.6 Å². The molecular formula is C31H28F3N7O5S. The minimum absolute atomic E-state index is 0.0476. The Balaban J connectivity index is 0.952. The second kappa shape index (κ2) is 12.9. The summed E-state index contributed by atoms with van der Waals surface area (Å²) in [5.74, 6) is -2.83. The number of carbonyl (C=O) groups is 5. The number of alkyl halides is 3. The Labute approximate surface area is 269 Å². The molecule has 16 heteroatoms. The molecule has 1 atom stereocenters. The Bertz CT molecular complexity index is 1890. The van der Waals surface area contributed by atoms with Crippen molar-refractivity contribution in [2.45, 2.75) is 50.7 Å². The summed E-state index contributed by atoms with van der Waals surface area (Å²) >= 11 is 1.26. The molecule has 2 aliphatic rings. The van der Waals surface area contributed by atoms with Crippen LogP contribution in [0.2, 0.25) is 0 Å². The Hall–Kier alpha value is -5.12. The highest BCUT2D eigenvalue weighted by Crippen LogP contribution is 2.34. The first-order valence-electron chi connectivity index (χ1n) is 14.9. The van der Waals surface area contributed by atoms with Gasteiger partial charge in [-0.1, -0.05) is 18.9 Å². The van der Waals surface area contributed by atoms with E-state index < -0.39 is 47.4 Å². The second-order valence-electron chi connectivity index (χ2n) is 11.1. The third kappa shape index (κ3) is 6.58. The number of piperidine rings is 1. The molecule has 4 aromatic rings. The average Bonchev–Trinajstić information content (AvgIpc) is 3.77. The van der Waals surface area contributed by atoms with E-state index in [1.54, 1.807) is 29.6 Å². The Kier molecular flexibility index (Phi) is 8.77. The lowest BCUT2D eigenvalue weighted by atomic mass is 10.0. The maximum Gasteiger partial charge on any atom is 0.433 e. The fourth-order valence-corrected chi connectivity index (χ4v) is 6.23. The van der Waals surface area contributed by atoms with E-state index in [0.29, 0.717) is 34.6 Å². The molecule has 244 valence electrons. The largest absolute Gasteiger partial charge is 0.433 e. The van der Waals surface area contributed by atoms with Crippen molar-refractivity contribution in [3.05, 3.63) is 70.4 Å². The van der Waals surface area contributed by atoms with Crippen molar-refractivity contribution in [3.63, 3.8) is 0 Å². The van der Waals surface area contributed by atoms with Gasteiger partial charge in [0.05, 0.1) is 21.7 Å². The number of benzene rings is 1.